The highest BCUT2D eigenvalue weighted by molar-refractivity contribution is 8.03. The summed E-state index contributed by atoms with van der Waals surface area (Å²) in [6, 6.07) is -1.27. The van der Waals surface area contributed by atoms with Gasteiger partial charge < -0.3 is 36.0 Å². The highest BCUT2D eigenvalue weighted by atomic mass is 32.2. The minimum atomic E-state index is -1.16. The molecule has 0 aliphatic carbocycles. The van der Waals surface area contributed by atoms with Crippen LogP contribution in [0.4, 0.5) is 0 Å². The summed E-state index contributed by atoms with van der Waals surface area (Å²) < 4.78 is 1.28. The molecule has 0 radical (unpaired) electrons. The molecule has 8 unspecified atom stereocenters. The minimum Gasteiger partial charge on any atom is -0.477 e. The number of aliphatic hydroxyl groups is 1. The summed E-state index contributed by atoms with van der Waals surface area (Å²) in [5.74, 6) is -2.24. The van der Waals surface area contributed by atoms with Crippen LogP contribution < -0.4 is 16.0 Å². The van der Waals surface area contributed by atoms with Crippen LogP contribution >= 0.6 is 11.8 Å². The predicted octanol–water partition coefficient (Wildman–Crippen LogP) is -2.16. The quantitative estimate of drug-likeness (QED) is 0.192. The monoisotopic (exact) mass is 603 g/mol. The molecule has 8 atom stereocenters. The number of β-lactam (4-membered cyclic amide) rings is 1. The number of carbonyl (C=O) groups is 4. The van der Waals surface area contributed by atoms with Crippen LogP contribution in [-0.2, 0) is 25.7 Å². The van der Waals surface area contributed by atoms with Crippen LogP contribution in [0.3, 0.4) is 0 Å². The number of aliphatic carboxylic acids is 1. The lowest BCUT2D eigenvalue weighted by Crippen LogP contribution is -2.66. The minimum absolute atomic E-state index is 0.00133. The molecule has 5 aliphatic heterocycles. The molecule has 1 aromatic heterocycles. The summed E-state index contributed by atoms with van der Waals surface area (Å²) in [4.78, 5) is 55.4. The number of aromatic nitrogens is 4. The number of carboxylic acid groups (broad SMARTS) is 1. The maximum Gasteiger partial charge on any atom is 0.353 e. The number of amides is 3. The van der Waals surface area contributed by atoms with Gasteiger partial charge in [-0.2, -0.15) is 0 Å². The van der Waals surface area contributed by atoms with Crippen LogP contribution in [0.5, 0.6) is 0 Å². The first-order valence-corrected chi connectivity index (χ1v) is 15.3. The van der Waals surface area contributed by atoms with Gasteiger partial charge in [-0.3, -0.25) is 14.4 Å². The van der Waals surface area contributed by atoms with Crippen molar-refractivity contribution in [2.24, 2.45) is 23.2 Å². The summed E-state index contributed by atoms with van der Waals surface area (Å²) in [5.41, 5.74) is -0.288. The zero-order chi connectivity index (χ0) is 29.8. The van der Waals surface area contributed by atoms with E-state index in [0.717, 1.165) is 13.0 Å². The fourth-order valence-corrected chi connectivity index (χ4v) is 8.99. The largest absolute Gasteiger partial charge is 0.477 e. The Bertz CT molecular complexity index is 1290. The number of fused-ring (bicyclic) bond motifs is 2. The number of rotatable bonds is 9. The molecule has 3 amide bonds. The first-order chi connectivity index (χ1) is 20.1. The maximum atomic E-state index is 13.5. The zero-order valence-electron chi connectivity index (χ0n) is 23.6. The van der Waals surface area contributed by atoms with Crippen molar-refractivity contribution < 1.29 is 29.4 Å². The first kappa shape index (κ1) is 29.0. The van der Waals surface area contributed by atoms with Gasteiger partial charge in [-0.05, 0) is 42.7 Å². The molecule has 0 bridgehead atoms. The van der Waals surface area contributed by atoms with Crippen LogP contribution in [0.1, 0.15) is 26.7 Å². The second-order valence-corrected chi connectivity index (χ2v) is 13.6. The highest BCUT2D eigenvalue weighted by Gasteiger charge is 2.60. The smallest absolute Gasteiger partial charge is 0.353 e. The molecule has 15 nitrogen and oxygen atoms in total. The molecule has 0 saturated carbocycles. The van der Waals surface area contributed by atoms with Crippen LogP contribution in [-0.4, -0.2) is 127 Å². The molecule has 42 heavy (non-hydrogen) atoms. The number of nitrogens with zero attached hydrogens (tertiary/aromatic N) is 6. The standard InChI is InChI=1S/C26H37N9O6S/c1-13-20-19(14(2)30-18(37)8-34-12-29-31-32-34)24(39)35(20)21(25(40)41)22(13)42-16-5-17(28-7-16)23(38)33-4-3-15-6-27-9-26(15,10-33)11-36/h12-17,19-20,27-28,36H,3-11H2,1-2H3,(H,30,37)(H,40,41). The molecule has 0 aromatic carbocycles. The molecule has 228 valence electrons. The second kappa shape index (κ2) is 11.2. The summed E-state index contributed by atoms with van der Waals surface area (Å²) in [5, 5.41) is 40.4. The van der Waals surface area contributed by atoms with Gasteiger partial charge in [0.2, 0.25) is 17.7 Å². The number of hydrogen-bond acceptors (Lipinski definition) is 11. The number of hydrogen-bond donors (Lipinski definition) is 5. The molecule has 4 saturated heterocycles. The summed E-state index contributed by atoms with van der Waals surface area (Å²) >= 11 is 1.44. The van der Waals surface area contributed by atoms with E-state index < -0.39 is 17.9 Å². The molecule has 5 N–H and O–H groups in total. The van der Waals surface area contributed by atoms with Gasteiger partial charge in [0, 0.05) is 53.7 Å². The van der Waals surface area contributed by atoms with Crippen molar-refractivity contribution in [3.8, 4) is 0 Å². The van der Waals surface area contributed by atoms with Gasteiger partial charge in [0.05, 0.1) is 24.6 Å². The summed E-state index contributed by atoms with van der Waals surface area (Å²) in [6.07, 6.45) is 2.73. The van der Waals surface area contributed by atoms with Crippen molar-refractivity contribution in [3.63, 3.8) is 0 Å². The lowest BCUT2D eigenvalue weighted by molar-refractivity contribution is -0.158. The lowest BCUT2D eigenvalue weighted by atomic mass is 9.74. The van der Waals surface area contributed by atoms with E-state index in [0.29, 0.717) is 43.4 Å². The van der Waals surface area contributed by atoms with Crippen LogP contribution in [0, 0.1) is 23.2 Å². The van der Waals surface area contributed by atoms with E-state index in [9.17, 15) is 29.4 Å². The topological polar surface area (TPSA) is 195 Å². The first-order valence-electron chi connectivity index (χ1n) is 14.4. The number of nitrogens with one attached hydrogen (secondary N) is 3. The van der Waals surface area contributed by atoms with E-state index >= 15 is 0 Å². The Morgan fingerprint density at radius 3 is 2.83 bits per heavy atom. The fraction of sp³-hybridized carbons (Fsp3) is 0.731. The normalized spacial score (nSPS) is 34.7. The van der Waals surface area contributed by atoms with E-state index in [2.05, 4.69) is 31.5 Å². The van der Waals surface area contributed by atoms with Gasteiger partial charge in [0.1, 0.15) is 18.6 Å². The van der Waals surface area contributed by atoms with Crippen LogP contribution in [0.2, 0.25) is 0 Å². The van der Waals surface area contributed by atoms with Crippen molar-refractivity contribution in [1.82, 2.24) is 46.0 Å². The Morgan fingerprint density at radius 1 is 1.31 bits per heavy atom. The molecule has 1 aromatic rings. The number of aliphatic hydroxyl groups excluding tert-OH is 1. The molecule has 6 rings (SSSR count). The Balaban J connectivity index is 1.09. The third-order valence-corrected chi connectivity index (χ3v) is 11.2. The molecule has 16 heteroatoms. The average molecular weight is 604 g/mol. The third-order valence-electron chi connectivity index (χ3n) is 9.71. The van der Waals surface area contributed by atoms with Crippen molar-refractivity contribution in [3.05, 3.63) is 16.9 Å². The second-order valence-electron chi connectivity index (χ2n) is 12.2. The SMILES string of the molecule is CC(NC(=O)Cn1cnnn1)C1C(=O)N2C(C(=O)O)=C(SC3CNC(C(=O)N4CCC5CNCC5(CO)C4)C3)C(C)C12. The molecule has 4 fully saturated rings. The Hall–Kier alpha value is -3.08. The van der Waals surface area contributed by atoms with E-state index in [1.54, 1.807) is 6.92 Å². The molecule has 0 spiro atoms. The zero-order valence-corrected chi connectivity index (χ0v) is 24.4. The Morgan fingerprint density at radius 2 is 2.12 bits per heavy atom. The number of tetrazole rings is 1. The predicted molar refractivity (Wildman–Crippen MR) is 148 cm³/mol. The van der Waals surface area contributed by atoms with Gasteiger partial charge in [-0.25, -0.2) is 9.48 Å². The van der Waals surface area contributed by atoms with E-state index in [-0.39, 0.29) is 65.2 Å². The van der Waals surface area contributed by atoms with Crippen LogP contribution in [0.15, 0.2) is 16.9 Å². The van der Waals surface area contributed by atoms with E-state index in [1.165, 1.54) is 27.7 Å². The lowest BCUT2D eigenvalue weighted by Gasteiger charge is -2.47. The summed E-state index contributed by atoms with van der Waals surface area (Å²) in [6.45, 7) is 6.94. The van der Waals surface area contributed by atoms with Gasteiger partial charge in [0.25, 0.3) is 0 Å². The number of carboxylic acids is 1. The summed E-state index contributed by atoms with van der Waals surface area (Å²) in [7, 11) is 0. The molecule has 6 heterocycles. The van der Waals surface area contributed by atoms with Gasteiger partial charge in [0.15, 0.2) is 0 Å². The fourth-order valence-electron chi connectivity index (χ4n) is 7.51. The third kappa shape index (κ3) is 4.87. The van der Waals surface area contributed by atoms with Gasteiger partial charge in [-0.15, -0.1) is 16.9 Å². The molecular formula is C26H37N9O6S. The highest BCUT2D eigenvalue weighted by Crippen LogP contribution is 2.52. The molecular weight excluding hydrogens is 566 g/mol. The number of carbonyl (C=O) groups excluding carboxylic acids is 3. The van der Waals surface area contributed by atoms with Gasteiger partial charge >= 0.3 is 5.97 Å². The number of thioether (sulfide) groups is 1. The van der Waals surface area contributed by atoms with E-state index in [4.69, 9.17) is 0 Å². The van der Waals surface area contributed by atoms with Crippen molar-refractivity contribution >= 4 is 35.5 Å². The van der Waals surface area contributed by atoms with Gasteiger partial charge in [-0.1, -0.05) is 6.92 Å². The number of piperidine rings is 1. The maximum absolute atomic E-state index is 13.5. The van der Waals surface area contributed by atoms with Crippen molar-refractivity contribution in [1.29, 1.82) is 0 Å². The van der Waals surface area contributed by atoms with Crippen molar-refractivity contribution in [2.75, 3.05) is 39.3 Å². The van der Waals surface area contributed by atoms with Crippen LogP contribution in [0.25, 0.3) is 0 Å². The number of likely N-dealkylation sites (tertiary alicyclic amines) is 1. The van der Waals surface area contributed by atoms with Crippen molar-refractivity contribution in [2.45, 2.75) is 56.6 Å². The average Bonchev–Trinajstić information content (AvgIpc) is 3.75. The Labute approximate surface area is 246 Å². The van der Waals surface area contributed by atoms with E-state index in [1.807, 2.05) is 11.8 Å². The Kier molecular flexibility index (Phi) is 7.74. The molecule has 5 aliphatic rings.